The van der Waals surface area contributed by atoms with Gasteiger partial charge in [0.25, 0.3) is 0 Å². The molecule has 0 aliphatic rings. The largest absolute Gasteiger partial charge is 0.465 e. The minimum atomic E-state index is 0.0147. The van der Waals surface area contributed by atoms with Crippen molar-refractivity contribution in [3.05, 3.63) is 30.2 Å². The van der Waals surface area contributed by atoms with Crippen LogP contribution in [0.4, 0.5) is 0 Å². The van der Waals surface area contributed by atoms with Gasteiger partial charge in [0.2, 0.25) is 5.91 Å². The second-order valence-corrected chi connectivity index (χ2v) is 3.76. The molecule has 0 fully saturated rings. The lowest BCUT2D eigenvalue weighted by atomic mass is 10.3. The number of likely N-dealkylation sites (N-methyl/N-ethyl adjacent to an activating group) is 1. The third-order valence-corrected chi connectivity index (χ3v) is 2.51. The van der Waals surface area contributed by atoms with Gasteiger partial charge in [0.1, 0.15) is 5.76 Å². The molecule has 0 aromatic carbocycles. The molecular formula is C13H20N2O2. The molecule has 1 heterocycles. The fourth-order valence-corrected chi connectivity index (χ4v) is 1.52. The summed E-state index contributed by atoms with van der Waals surface area (Å²) in [5.41, 5.74) is 5.43. The van der Waals surface area contributed by atoms with Gasteiger partial charge >= 0.3 is 0 Å². The Bertz CT molecular complexity index is 344. The topological polar surface area (TPSA) is 59.5 Å². The van der Waals surface area contributed by atoms with Crippen molar-refractivity contribution in [2.45, 2.75) is 19.8 Å². The summed E-state index contributed by atoms with van der Waals surface area (Å²) >= 11 is 0. The van der Waals surface area contributed by atoms with E-state index in [1.54, 1.807) is 29.4 Å². The van der Waals surface area contributed by atoms with Crippen LogP contribution in [0.3, 0.4) is 0 Å². The summed E-state index contributed by atoms with van der Waals surface area (Å²) in [6.45, 7) is 4.12. The Morgan fingerprint density at radius 2 is 2.35 bits per heavy atom. The Balaban J connectivity index is 2.43. The fraction of sp³-hybridized carbons (Fsp3) is 0.462. The van der Waals surface area contributed by atoms with Gasteiger partial charge in [-0.25, -0.2) is 0 Å². The van der Waals surface area contributed by atoms with E-state index in [0.717, 1.165) is 19.4 Å². The van der Waals surface area contributed by atoms with Gasteiger partial charge in [-0.3, -0.25) is 4.79 Å². The highest BCUT2D eigenvalue weighted by Crippen LogP contribution is 2.04. The van der Waals surface area contributed by atoms with E-state index in [1.807, 2.05) is 13.0 Å². The number of hydrogen-bond acceptors (Lipinski definition) is 3. The van der Waals surface area contributed by atoms with E-state index in [4.69, 9.17) is 10.2 Å². The molecular weight excluding hydrogens is 216 g/mol. The van der Waals surface area contributed by atoms with Crippen molar-refractivity contribution in [3.63, 3.8) is 0 Å². The smallest absolute Gasteiger partial charge is 0.246 e. The number of unbranched alkanes of at least 4 members (excludes halogenated alkanes) is 1. The quantitative estimate of drug-likeness (QED) is 0.581. The number of furan rings is 1. The molecule has 1 aromatic heterocycles. The van der Waals surface area contributed by atoms with Crippen molar-refractivity contribution in [3.8, 4) is 0 Å². The second-order valence-electron chi connectivity index (χ2n) is 3.76. The molecule has 1 amide bonds. The molecule has 1 rings (SSSR count). The zero-order valence-electron chi connectivity index (χ0n) is 10.3. The first kappa shape index (κ1) is 13.5. The van der Waals surface area contributed by atoms with Crippen LogP contribution in [0.2, 0.25) is 0 Å². The van der Waals surface area contributed by atoms with Crippen LogP contribution in [-0.2, 0) is 4.79 Å². The molecule has 17 heavy (non-hydrogen) atoms. The van der Waals surface area contributed by atoms with Gasteiger partial charge in [0.05, 0.1) is 6.26 Å². The van der Waals surface area contributed by atoms with E-state index >= 15 is 0 Å². The molecule has 0 atom stereocenters. The maximum absolute atomic E-state index is 11.8. The number of hydrogen-bond donors (Lipinski definition) is 1. The molecule has 0 radical (unpaired) electrons. The van der Waals surface area contributed by atoms with E-state index < -0.39 is 0 Å². The zero-order valence-corrected chi connectivity index (χ0v) is 10.3. The summed E-state index contributed by atoms with van der Waals surface area (Å²) < 4.78 is 5.12. The van der Waals surface area contributed by atoms with Gasteiger partial charge in [0, 0.05) is 19.2 Å². The molecule has 0 bridgehead atoms. The van der Waals surface area contributed by atoms with Crippen molar-refractivity contribution in [2.24, 2.45) is 5.73 Å². The Morgan fingerprint density at radius 3 is 2.94 bits per heavy atom. The van der Waals surface area contributed by atoms with Gasteiger partial charge < -0.3 is 15.1 Å². The SMILES string of the molecule is CCN(CCCCN)C(=O)/C=C/c1ccco1. The maximum Gasteiger partial charge on any atom is 0.246 e. The van der Waals surface area contributed by atoms with E-state index in [2.05, 4.69) is 0 Å². The summed E-state index contributed by atoms with van der Waals surface area (Å²) in [6, 6.07) is 3.61. The van der Waals surface area contributed by atoms with E-state index in [0.29, 0.717) is 18.8 Å². The maximum atomic E-state index is 11.8. The van der Waals surface area contributed by atoms with Crippen LogP contribution < -0.4 is 5.73 Å². The number of carbonyl (C=O) groups excluding carboxylic acids is 1. The molecule has 2 N–H and O–H groups in total. The summed E-state index contributed by atoms with van der Waals surface area (Å²) in [7, 11) is 0. The Morgan fingerprint density at radius 1 is 1.53 bits per heavy atom. The average Bonchev–Trinajstić information content (AvgIpc) is 2.85. The molecule has 94 valence electrons. The standard InChI is InChI=1S/C13H20N2O2/c1-2-15(10-4-3-9-14)13(16)8-7-12-6-5-11-17-12/h5-8,11H,2-4,9-10,14H2,1H3/b8-7+. The van der Waals surface area contributed by atoms with E-state index in [9.17, 15) is 4.79 Å². The van der Waals surface area contributed by atoms with E-state index in [-0.39, 0.29) is 5.91 Å². The normalized spacial score (nSPS) is 10.9. The lowest BCUT2D eigenvalue weighted by molar-refractivity contribution is -0.125. The minimum absolute atomic E-state index is 0.0147. The predicted molar refractivity (Wildman–Crippen MR) is 68.3 cm³/mol. The summed E-state index contributed by atoms with van der Waals surface area (Å²) in [5.74, 6) is 0.706. The molecule has 4 heteroatoms. The van der Waals surface area contributed by atoms with Crippen LogP contribution in [-0.4, -0.2) is 30.4 Å². The zero-order chi connectivity index (χ0) is 12.5. The van der Waals surface area contributed by atoms with Crippen molar-refractivity contribution >= 4 is 12.0 Å². The number of nitrogens with two attached hydrogens (primary N) is 1. The van der Waals surface area contributed by atoms with Crippen LogP contribution in [0.5, 0.6) is 0 Å². The van der Waals surface area contributed by atoms with Crippen LogP contribution in [0.15, 0.2) is 28.9 Å². The third-order valence-electron chi connectivity index (χ3n) is 2.51. The summed E-state index contributed by atoms with van der Waals surface area (Å²) in [5, 5.41) is 0. The number of carbonyl (C=O) groups is 1. The van der Waals surface area contributed by atoms with Crippen molar-refractivity contribution < 1.29 is 9.21 Å². The molecule has 0 spiro atoms. The van der Waals surface area contributed by atoms with Gasteiger partial charge in [-0.2, -0.15) is 0 Å². The highest BCUT2D eigenvalue weighted by atomic mass is 16.3. The first-order valence-electron chi connectivity index (χ1n) is 5.98. The van der Waals surface area contributed by atoms with Crippen LogP contribution >= 0.6 is 0 Å². The number of amides is 1. The second kappa shape index (κ2) is 7.68. The summed E-state index contributed by atoms with van der Waals surface area (Å²) in [6.07, 6.45) is 6.72. The first-order valence-corrected chi connectivity index (χ1v) is 5.98. The number of nitrogens with zero attached hydrogens (tertiary/aromatic N) is 1. The molecule has 0 aliphatic carbocycles. The Hall–Kier alpha value is -1.55. The number of rotatable bonds is 7. The monoisotopic (exact) mass is 236 g/mol. The minimum Gasteiger partial charge on any atom is -0.465 e. The lowest BCUT2D eigenvalue weighted by Crippen LogP contribution is -2.30. The van der Waals surface area contributed by atoms with Gasteiger partial charge in [0.15, 0.2) is 0 Å². The predicted octanol–water partition coefficient (Wildman–Crippen LogP) is 1.88. The lowest BCUT2D eigenvalue weighted by Gasteiger charge is -2.18. The fourth-order valence-electron chi connectivity index (χ4n) is 1.52. The van der Waals surface area contributed by atoms with Crippen LogP contribution in [0, 0.1) is 0 Å². The third kappa shape index (κ3) is 4.87. The molecule has 0 unspecified atom stereocenters. The van der Waals surface area contributed by atoms with E-state index in [1.165, 1.54) is 0 Å². The highest BCUT2D eigenvalue weighted by molar-refractivity contribution is 5.91. The van der Waals surface area contributed by atoms with Crippen LogP contribution in [0.1, 0.15) is 25.5 Å². The molecule has 0 aliphatic heterocycles. The van der Waals surface area contributed by atoms with Gasteiger partial charge in [-0.1, -0.05) is 0 Å². The molecule has 0 saturated carbocycles. The first-order chi connectivity index (χ1) is 8.27. The van der Waals surface area contributed by atoms with Crippen molar-refractivity contribution in [2.75, 3.05) is 19.6 Å². The van der Waals surface area contributed by atoms with Gasteiger partial charge in [-0.15, -0.1) is 0 Å². The Kier molecular flexibility index (Phi) is 6.10. The van der Waals surface area contributed by atoms with Crippen LogP contribution in [0.25, 0.3) is 6.08 Å². The Labute approximate surface area is 102 Å². The van der Waals surface area contributed by atoms with Gasteiger partial charge in [-0.05, 0) is 44.5 Å². The average molecular weight is 236 g/mol. The van der Waals surface area contributed by atoms with Crippen molar-refractivity contribution in [1.82, 2.24) is 4.90 Å². The highest BCUT2D eigenvalue weighted by Gasteiger charge is 2.07. The summed E-state index contributed by atoms with van der Waals surface area (Å²) in [4.78, 5) is 13.6. The molecule has 0 saturated heterocycles. The molecule has 4 nitrogen and oxygen atoms in total. The van der Waals surface area contributed by atoms with Crippen molar-refractivity contribution in [1.29, 1.82) is 0 Å². The molecule has 1 aromatic rings.